The van der Waals surface area contributed by atoms with Crippen molar-refractivity contribution in [1.29, 1.82) is 0 Å². The maximum absolute atomic E-state index is 13.4. The van der Waals surface area contributed by atoms with E-state index in [1.807, 2.05) is 42.5 Å². The van der Waals surface area contributed by atoms with Crippen molar-refractivity contribution in [3.63, 3.8) is 0 Å². The first-order chi connectivity index (χ1) is 15.8. The van der Waals surface area contributed by atoms with Crippen molar-refractivity contribution >= 4 is 5.91 Å². The summed E-state index contributed by atoms with van der Waals surface area (Å²) in [7, 11) is 3.16. The first kappa shape index (κ1) is 23.4. The van der Waals surface area contributed by atoms with Gasteiger partial charge in [-0.05, 0) is 54.6 Å². The third kappa shape index (κ3) is 4.95. The number of alkyl halides is 3. The number of piperidine rings is 1. The Bertz CT molecular complexity index is 981. The molecule has 2 aromatic carbocycles. The molecule has 8 heteroatoms. The molecule has 0 saturated carbocycles. The van der Waals surface area contributed by atoms with Gasteiger partial charge in [-0.25, -0.2) is 0 Å². The Labute approximate surface area is 192 Å². The maximum Gasteiger partial charge on any atom is 0.393 e. The van der Waals surface area contributed by atoms with Gasteiger partial charge in [0, 0.05) is 13.1 Å². The van der Waals surface area contributed by atoms with Crippen LogP contribution >= 0.6 is 0 Å². The molecule has 178 valence electrons. The van der Waals surface area contributed by atoms with Crippen molar-refractivity contribution in [2.45, 2.75) is 31.5 Å². The van der Waals surface area contributed by atoms with Gasteiger partial charge in [0.2, 0.25) is 5.91 Å². The van der Waals surface area contributed by atoms with Crippen LogP contribution in [0, 0.1) is 5.92 Å². The molecule has 0 aromatic heterocycles. The van der Waals surface area contributed by atoms with Crippen molar-refractivity contribution < 1.29 is 27.4 Å². The van der Waals surface area contributed by atoms with Crippen molar-refractivity contribution in [2.24, 2.45) is 5.92 Å². The molecule has 0 aliphatic carbocycles. The Hall–Kier alpha value is -2.74. The van der Waals surface area contributed by atoms with E-state index < -0.39 is 12.1 Å². The molecular formula is C25H29F3N2O3. The lowest BCUT2D eigenvalue weighted by atomic mass is 9.87. The molecule has 0 N–H and O–H groups in total. The molecule has 33 heavy (non-hydrogen) atoms. The van der Waals surface area contributed by atoms with Gasteiger partial charge in [0.25, 0.3) is 0 Å². The van der Waals surface area contributed by atoms with Crippen molar-refractivity contribution in [3.05, 3.63) is 59.2 Å². The van der Waals surface area contributed by atoms with Gasteiger partial charge in [0.1, 0.15) is 0 Å². The van der Waals surface area contributed by atoms with Crippen LogP contribution in [0.4, 0.5) is 13.2 Å². The summed E-state index contributed by atoms with van der Waals surface area (Å²) in [6, 6.07) is 13.2. The number of likely N-dealkylation sites (tertiary alicyclic amines) is 1. The van der Waals surface area contributed by atoms with E-state index in [1.54, 1.807) is 24.0 Å². The molecule has 0 unspecified atom stereocenters. The third-order valence-corrected chi connectivity index (χ3v) is 6.64. The van der Waals surface area contributed by atoms with E-state index in [0.717, 1.165) is 16.7 Å². The van der Waals surface area contributed by atoms with Crippen molar-refractivity contribution in [2.75, 3.05) is 40.4 Å². The second-order valence-corrected chi connectivity index (χ2v) is 8.67. The lowest BCUT2D eigenvalue weighted by molar-refractivity contribution is -0.187. The number of hydrogen-bond donors (Lipinski definition) is 0. The van der Waals surface area contributed by atoms with E-state index in [2.05, 4.69) is 0 Å². The first-order valence-corrected chi connectivity index (χ1v) is 11.2. The highest BCUT2D eigenvalue weighted by atomic mass is 19.4. The number of ether oxygens (including phenoxy) is 2. The van der Waals surface area contributed by atoms with Crippen LogP contribution in [0.1, 0.15) is 35.6 Å². The highest BCUT2D eigenvalue weighted by Crippen LogP contribution is 2.41. The van der Waals surface area contributed by atoms with Gasteiger partial charge in [-0.1, -0.05) is 30.3 Å². The van der Waals surface area contributed by atoms with Crippen LogP contribution in [0.3, 0.4) is 0 Å². The fourth-order valence-corrected chi connectivity index (χ4v) is 4.96. The molecule has 2 aliphatic rings. The number of halogens is 3. The second-order valence-electron chi connectivity index (χ2n) is 8.67. The number of fused-ring (bicyclic) bond motifs is 1. The van der Waals surface area contributed by atoms with Gasteiger partial charge in [0.15, 0.2) is 11.5 Å². The normalized spacial score (nSPS) is 21.4. The number of nitrogens with zero attached hydrogens (tertiary/aromatic N) is 2. The molecule has 2 aromatic rings. The summed E-state index contributed by atoms with van der Waals surface area (Å²) in [4.78, 5) is 16.9. The fraction of sp³-hybridized carbons (Fsp3) is 0.480. The van der Waals surface area contributed by atoms with Crippen LogP contribution in [0.2, 0.25) is 0 Å². The van der Waals surface area contributed by atoms with E-state index >= 15 is 0 Å². The van der Waals surface area contributed by atoms with Crippen LogP contribution in [-0.4, -0.2) is 62.3 Å². The van der Waals surface area contributed by atoms with E-state index in [0.29, 0.717) is 37.4 Å². The lowest BCUT2D eigenvalue weighted by Crippen LogP contribution is -2.49. The number of methoxy groups -OCH3 is 2. The Morgan fingerprint density at radius 1 is 1.06 bits per heavy atom. The highest BCUT2D eigenvalue weighted by molar-refractivity contribution is 5.80. The topological polar surface area (TPSA) is 42.0 Å². The van der Waals surface area contributed by atoms with Crippen LogP contribution in [-0.2, 0) is 11.2 Å². The average Bonchev–Trinajstić information content (AvgIpc) is 2.82. The molecule has 1 amide bonds. The summed E-state index contributed by atoms with van der Waals surface area (Å²) < 4.78 is 50.7. The van der Waals surface area contributed by atoms with Crippen molar-refractivity contribution in [1.82, 2.24) is 9.80 Å². The Balaban J connectivity index is 1.63. The van der Waals surface area contributed by atoms with Gasteiger partial charge < -0.3 is 14.4 Å². The fourth-order valence-electron chi connectivity index (χ4n) is 4.96. The Morgan fingerprint density at radius 3 is 2.42 bits per heavy atom. The number of benzene rings is 2. The van der Waals surface area contributed by atoms with E-state index in [9.17, 15) is 18.0 Å². The molecule has 5 nitrogen and oxygen atoms in total. The smallest absolute Gasteiger partial charge is 0.393 e. The monoisotopic (exact) mass is 462 g/mol. The number of hydrogen-bond acceptors (Lipinski definition) is 4. The summed E-state index contributed by atoms with van der Waals surface area (Å²) in [6.07, 6.45) is -3.02. The summed E-state index contributed by atoms with van der Waals surface area (Å²) in [5.41, 5.74) is 2.97. The number of amides is 1. The molecule has 0 spiro atoms. The zero-order chi connectivity index (χ0) is 23.6. The van der Waals surface area contributed by atoms with Crippen LogP contribution < -0.4 is 9.47 Å². The second kappa shape index (κ2) is 9.63. The van der Waals surface area contributed by atoms with Gasteiger partial charge in [-0.15, -0.1) is 0 Å². The quantitative estimate of drug-likeness (QED) is 0.659. The third-order valence-electron chi connectivity index (χ3n) is 6.64. The first-order valence-electron chi connectivity index (χ1n) is 11.2. The summed E-state index contributed by atoms with van der Waals surface area (Å²) >= 11 is 0. The minimum Gasteiger partial charge on any atom is -0.493 e. The Kier molecular flexibility index (Phi) is 6.83. The molecule has 2 atom stereocenters. The summed E-state index contributed by atoms with van der Waals surface area (Å²) in [6.45, 7) is 0.848. The lowest BCUT2D eigenvalue weighted by Gasteiger charge is -2.40. The average molecular weight is 463 g/mol. The van der Waals surface area contributed by atoms with Gasteiger partial charge in [0.05, 0.1) is 32.7 Å². The largest absolute Gasteiger partial charge is 0.493 e. The molecule has 4 rings (SSSR count). The molecule has 0 bridgehead atoms. The molecule has 1 fully saturated rings. The predicted molar refractivity (Wildman–Crippen MR) is 118 cm³/mol. The van der Waals surface area contributed by atoms with Crippen LogP contribution in [0.25, 0.3) is 0 Å². The van der Waals surface area contributed by atoms with Crippen LogP contribution in [0.15, 0.2) is 42.5 Å². The Morgan fingerprint density at radius 2 is 1.76 bits per heavy atom. The van der Waals surface area contributed by atoms with Crippen molar-refractivity contribution in [3.8, 4) is 11.5 Å². The predicted octanol–water partition coefficient (Wildman–Crippen LogP) is 4.45. The minimum atomic E-state index is -4.23. The number of carbonyl (C=O) groups is 1. The standard InChI is InChI=1S/C25H29F3N2O3/c1-32-21-13-18-10-12-30(23(31)16-29-11-6-9-19(15-29)25(26,27)28)24(17-7-4-3-5-8-17)20(18)14-22(21)33-2/h3-5,7-8,13-14,19,24H,6,9-12,15-16H2,1-2H3/t19-,24+/m1/s1. The summed E-state index contributed by atoms with van der Waals surface area (Å²) in [5.74, 6) is -0.320. The van der Waals surface area contributed by atoms with Crippen LogP contribution in [0.5, 0.6) is 11.5 Å². The van der Waals surface area contributed by atoms with Gasteiger partial charge >= 0.3 is 6.18 Å². The van der Waals surface area contributed by atoms with E-state index in [1.165, 1.54) is 0 Å². The SMILES string of the molecule is COc1cc2c(cc1OC)[C@H](c1ccccc1)N(C(=O)CN1CCC[C@@H](C(F)(F)F)C1)CC2. The zero-order valence-corrected chi connectivity index (χ0v) is 18.9. The zero-order valence-electron chi connectivity index (χ0n) is 18.9. The molecule has 2 aliphatic heterocycles. The van der Waals surface area contributed by atoms with E-state index in [-0.39, 0.29) is 31.5 Å². The molecule has 1 saturated heterocycles. The number of carbonyl (C=O) groups excluding carboxylic acids is 1. The number of rotatable bonds is 5. The summed E-state index contributed by atoms with van der Waals surface area (Å²) in [5, 5.41) is 0. The van der Waals surface area contributed by atoms with Gasteiger partial charge in [-0.2, -0.15) is 13.2 Å². The minimum absolute atomic E-state index is 0.0153. The molecule has 0 radical (unpaired) electrons. The molecule has 2 heterocycles. The molecular weight excluding hydrogens is 433 g/mol. The van der Waals surface area contributed by atoms with E-state index in [4.69, 9.17) is 9.47 Å². The highest BCUT2D eigenvalue weighted by Gasteiger charge is 2.42. The van der Waals surface area contributed by atoms with Gasteiger partial charge in [-0.3, -0.25) is 9.69 Å². The maximum atomic E-state index is 13.4.